The van der Waals surface area contributed by atoms with E-state index in [0.717, 1.165) is 16.3 Å². The standard InChI is InChI=1S/C12H15ClN.Li/c1-9(2)14-12(10(3)13)11-7-5-4-6-8-11;/h4-9H,1-3H3;/q-1;+1/b12-10-;. The molecule has 0 fully saturated rings. The summed E-state index contributed by atoms with van der Waals surface area (Å²) in [6.07, 6.45) is 0. The molecule has 0 amide bonds. The molecule has 0 heterocycles. The van der Waals surface area contributed by atoms with Crippen molar-refractivity contribution in [2.24, 2.45) is 0 Å². The fourth-order valence-electron chi connectivity index (χ4n) is 1.22. The van der Waals surface area contributed by atoms with E-state index in [9.17, 15) is 0 Å². The molecule has 0 spiro atoms. The van der Waals surface area contributed by atoms with Crippen LogP contribution in [0.25, 0.3) is 11.0 Å². The predicted molar refractivity (Wildman–Crippen MR) is 63.4 cm³/mol. The van der Waals surface area contributed by atoms with Crippen LogP contribution in [0.2, 0.25) is 0 Å². The van der Waals surface area contributed by atoms with Gasteiger partial charge in [-0.3, -0.25) is 0 Å². The number of rotatable bonds is 3. The first-order valence-electron chi connectivity index (χ1n) is 4.74. The molecule has 0 N–H and O–H groups in total. The Morgan fingerprint density at radius 3 is 2.13 bits per heavy atom. The second-order valence-corrected chi connectivity index (χ2v) is 4.04. The van der Waals surface area contributed by atoms with Crippen LogP contribution in [-0.2, 0) is 0 Å². The van der Waals surface area contributed by atoms with E-state index in [0.29, 0.717) is 0 Å². The number of allylic oxidation sites excluding steroid dienone is 1. The molecule has 0 aliphatic carbocycles. The third-order valence-electron chi connectivity index (χ3n) is 1.76. The smallest absolute Gasteiger partial charge is 0.681 e. The van der Waals surface area contributed by atoms with Gasteiger partial charge in [0.05, 0.1) is 0 Å². The van der Waals surface area contributed by atoms with E-state index in [1.54, 1.807) is 0 Å². The van der Waals surface area contributed by atoms with Crippen molar-refractivity contribution in [2.45, 2.75) is 26.8 Å². The molecule has 1 aromatic rings. The van der Waals surface area contributed by atoms with Crippen LogP contribution in [0.5, 0.6) is 0 Å². The minimum absolute atomic E-state index is 0. The first kappa shape index (κ1) is 14.6. The largest absolute Gasteiger partial charge is 1.00 e. The Hall–Kier alpha value is -0.353. The maximum Gasteiger partial charge on any atom is 1.00 e. The zero-order valence-corrected chi connectivity index (χ0v) is 10.5. The Labute approximate surface area is 109 Å². The summed E-state index contributed by atoms with van der Waals surface area (Å²) in [5, 5.41) is 5.24. The average Bonchev–Trinajstić information content (AvgIpc) is 2.15. The van der Waals surface area contributed by atoms with E-state index in [1.165, 1.54) is 0 Å². The molecule has 0 aliphatic heterocycles. The van der Waals surface area contributed by atoms with Gasteiger partial charge in [0.25, 0.3) is 0 Å². The molecule has 0 atom stereocenters. The van der Waals surface area contributed by atoms with Crippen molar-refractivity contribution in [3.05, 3.63) is 46.2 Å². The molecule has 0 saturated carbocycles. The van der Waals surface area contributed by atoms with E-state index in [2.05, 4.69) is 5.32 Å². The second-order valence-electron chi connectivity index (χ2n) is 3.47. The van der Waals surface area contributed by atoms with Crippen LogP contribution >= 0.6 is 11.6 Å². The topological polar surface area (TPSA) is 14.1 Å². The first-order valence-corrected chi connectivity index (χ1v) is 5.11. The maximum atomic E-state index is 6.01. The molecule has 1 rings (SSSR count). The Balaban J connectivity index is 0.00000196. The van der Waals surface area contributed by atoms with Crippen molar-refractivity contribution >= 4 is 17.3 Å². The molecule has 15 heavy (non-hydrogen) atoms. The van der Waals surface area contributed by atoms with Crippen LogP contribution in [0.3, 0.4) is 0 Å². The van der Waals surface area contributed by atoms with Crippen molar-refractivity contribution < 1.29 is 18.9 Å². The Bertz CT molecular complexity index is 316. The van der Waals surface area contributed by atoms with Gasteiger partial charge in [-0.15, -0.1) is 11.7 Å². The van der Waals surface area contributed by atoms with Gasteiger partial charge in [-0.1, -0.05) is 55.8 Å². The predicted octanol–water partition coefficient (Wildman–Crippen LogP) is 1.40. The summed E-state index contributed by atoms with van der Waals surface area (Å²) in [5.74, 6) is 0. The van der Waals surface area contributed by atoms with E-state index >= 15 is 0 Å². The van der Waals surface area contributed by atoms with E-state index < -0.39 is 0 Å². The molecular weight excluding hydrogens is 201 g/mol. The molecule has 0 bridgehead atoms. The molecule has 1 nitrogen and oxygen atoms in total. The van der Waals surface area contributed by atoms with E-state index in [1.807, 2.05) is 51.1 Å². The minimum atomic E-state index is 0. The van der Waals surface area contributed by atoms with Gasteiger partial charge in [-0.25, -0.2) is 0 Å². The van der Waals surface area contributed by atoms with Gasteiger partial charge in [-0.2, -0.15) is 0 Å². The van der Waals surface area contributed by atoms with Crippen LogP contribution in [0, 0.1) is 0 Å². The molecular formula is C12H15ClLiN. The van der Waals surface area contributed by atoms with Gasteiger partial charge in [-0.05, 0) is 12.5 Å². The van der Waals surface area contributed by atoms with Crippen molar-refractivity contribution in [1.82, 2.24) is 0 Å². The Kier molecular flexibility index (Phi) is 6.84. The van der Waals surface area contributed by atoms with Gasteiger partial charge >= 0.3 is 18.9 Å². The SMILES string of the molecule is C/C(Cl)=C(/[N-]C(C)C)c1ccccc1.[Li+]. The monoisotopic (exact) mass is 215 g/mol. The zero-order valence-electron chi connectivity index (χ0n) is 9.79. The number of hydrogen-bond donors (Lipinski definition) is 0. The minimum Gasteiger partial charge on any atom is -0.681 e. The summed E-state index contributed by atoms with van der Waals surface area (Å²) in [5.41, 5.74) is 1.97. The molecule has 76 valence electrons. The molecule has 0 aromatic heterocycles. The molecule has 0 unspecified atom stereocenters. The summed E-state index contributed by atoms with van der Waals surface area (Å²) in [4.78, 5) is 0. The second kappa shape index (κ2) is 7.01. The van der Waals surface area contributed by atoms with Gasteiger partial charge < -0.3 is 5.32 Å². The summed E-state index contributed by atoms with van der Waals surface area (Å²) in [6.45, 7) is 5.96. The van der Waals surface area contributed by atoms with E-state index in [4.69, 9.17) is 11.6 Å². The van der Waals surface area contributed by atoms with Crippen molar-refractivity contribution in [2.75, 3.05) is 0 Å². The van der Waals surface area contributed by atoms with Crippen LogP contribution < -0.4 is 18.9 Å². The van der Waals surface area contributed by atoms with Gasteiger partial charge in [0.1, 0.15) is 0 Å². The average molecular weight is 216 g/mol. The summed E-state index contributed by atoms with van der Waals surface area (Å²) >= 11 is 6.01. The molecule has 1 aromatic carbocycles. The van der Waals surface area contributed by atoms with Gasteiger partial charge in [0.15, 0.2) is 0 Å². The van der Waals surface area contributed by atoms with Crippen molar-refractivity contribution in [3.8, 4) is 0 Å². The van der Waals surface area contributed by atoms with Gasteiger partial charge in [0, 0.05) is 5.03 Å². The number of hydrogen-bond acceptors (Lipinski definition) is 0. The van der Waals surface area contributed by atoms with Crippen LogP contribution in [0.4, 0.5) is 0 Å². The molecule has 0 aliphatic rings. The normalized spacial score (nSPS) is 11.8. The zero-order chi connectivity index (χ0) is 10.6. The third kappa shape index (κ3) is 4.80. The molecule has 0 saturated heterocycles. The summed E-state index contributed by atoms with van der Waals surface area (Å²) in [7, 11) is 0. The summed E-state index contributed by atoms with van der Waals surface area (Å²) in [6, 6.07) is 10.3. The summed E-state index contributed by atoms with van der Waals surface area (Å²) < 4.78 is 0. The quantitative estimate of drug-likeness (QED) is 0.677. The van der Waals surface area contributed by atoms with Crippen LogP contribution in [-0.4, -0.2) is 6.04 Å². The Morgan fingerprint density at radius 2 is 1.73 bits per heavy atom. The fourth-order valence-corrected chi connectivity index (χ4v) is 1.37. The number of nitrogens with zero attached hydrogens (tertiary/aromatic N) is 1. The van der Waals surface area contributed by atoms with Crippen LogP contribution in [0.15, 0.2) is 35.4 Å². The fraction of sp³-hybridized carbons (Fsp3) is 0.333. The van der Waals surface area contributed by atoms with E-state index in [-0.39, 0.29) is 24.9 Å². The first-order chi connectivity index (χ1) is 6.61. The van der Waals surface area contributed by atoms with Crippen molar-refractivity contribution in [3.63, 3.8) is 0 Å². The Morgan fingerprint density at radius 1 is 1.20 bits per heavy atom. The maximum absolute atomic E-state index is 6.01. The number of benzene rings is 1. The van der Waals surface area contributed by atoms with Gasteiger partial charge in [0.2, 0.25) is 0 Å². The molecule has 0 radical (unpaired) electrons. The molecule has 3 heteroatoms. The van der Waals surface area contributed by atoms with Crippen molar-refractivity contribution in [1.29, 1.82) is 0 Å². The third-order valence-corrected chi connectivity index (χ3v) is 1.94. The number of halogens is 1. The van der Waals surface area contributed by atoms with Crippen LogP contribution in [0.1, 0.15) is 26.3 Å².